The Hall–Kier alpha value is -1.36. The molecule has 0 saturated heterocycles. The van der Waals surface area contributed by atoms with Gasteiger partial charge in [-0.3, -0.25) is 4.68 Å². The Morgan fingerprint density at radius 1 is 1.53 bits per heavy atom. The summed E-state index contributed by atoms with van der Waals surface area (Å²) in [5.41, 5.74) is 1.14. The molecule has 2 heterocycles. The molecule has 0 aliphatic carbocycles. The quantitative estimate of drug-likeness (QED) is 0.867. The standard InChI is InChI=1S/C10H14N4S/c1-7-6-9(13-14(7)3)12-8(2)10-11-4-5-15-10/h4-6,8H,1-3H3,(H,12,13). The molecular formula is C10H14N4S. The topological polar surface area (TPSA) is 42.7 Å². The second kappa shape index (κ2) is 4.02. The van der Waals surface area contributed by atoms with Crippen LogP contribution in [-0.4, -0.2) is 14.8 Å². The molecule has 2 aromatic heterocycles. The van der Waals surface area contributed by atoms with Gasteiger partial charge in [0.2, 0.25) is 0 Å². The average molecular weight is 222 g/mol. The van der Waals surface area contributed by atoms with Gasteiger partial charge in [0.05, 0.1) is 6.04 Å². The fourth-order valence-electron chi connectivity index (χ4n) is 1.36. The summed E-state index contributed by atoms with van der Waals surface area (Å²) in [5, 5.41) is 10.7. The van der Waals surface area contributed by atoms with E-state index in [1.54, 1.807) is 11.3 Å². The molecule has 15 heavy (non-hydrogen) atoms. The third-order valence-corrected chi connectivity index (χ3v) is 3.26. The van der Waals surface area contributed by atoms with E-state index in [4.69, 9.17) is 0 Å². The third-order valence-electron chi connectivity index (χ3n) is 2.30. The first kappa shape index (κ1) is 10.2. The number of thiazole rings is 1. The van der Waals surface area contributed by atoms with Crippen LogP contribution < -0.4 is 5.32 Å². The lowest BCUT2D eigenvalue weighted by Gasteiger charge is -2.09. The minimum absolute atomic E-state index is 0.208. The Morgan fingerprint density at radius 3 is 2.87 bits per heavy atom. The van der Waals surface area contributed by atoms with Crippen LogP contribution in [0.5, 0.6) is 0 Å². The third kappa shape index (κ3) is 2.18. The van der Waals surface area contributed by atoms with Gasteiger partial charge in [-0.15, -0.1) is 11.3 Å². The SMILES string of the molecule is Cc1cc(NC(C)c2nccs2)nn1C. The van der Waals surface area contributed by atoms with Crippen molar-refractivity contribution in [1.29, 1.82) is 0 Å². The van der Waals surface area contributed by atoms with Crippen LogP contribution in [0.3, 0.4) is 0 Å². The summed E-state index contributed by atoms with van der Waals surface area (Å²) in [7, 11) is 1.94. The Morgan fingerprint density at radius 2 is 2.33 bits per heavy atom. The van der Waals surface area contributed by atoms with Crippen molar-refractivity contribution >= 4 is 17.2 Å². The molecule has 0 fully saturated rings. The van der Waals surface area contributed by atoms with Crippen molar-refractivity contribution in [2.45, 2.75) is 19.9 Å². The zero-order valence-electron chi connectivity index (χ0n) is 9.06. The molecule has 4 nitrogen and oxygen atoms in total. The molecule has 0 spiro atoms. The molecule has 0 aliphatic heterocycles. The van der Waals surface area contributed by atoms with Gasteiger partial charge in [-0.05, 0) is 13.8 Å². The lowest BCUT2D eigenvalue weighted by molar-refractivity contribution is 0.735. The van der Waals surface area contributed by atoms with Crippen LogP contribution in [-0.2, 0) is 7.05 Å². The monoisotopic (exact) mass is 222 g/mol. The molecule has 80 valence electrons. The zero-order chi connectivity index (χ0) is 10.8. The van der Waals surface area contributed by atoms with Gasteiger partial charge in [-0.1, -0.05) is 0 Å². The number of aryl methyl sites for hydroxylation is 2. The largest absolute Gasteiger partial charge is 0.360 e. The van der Waals surface area contributed by atoms with Crippen molar-refractivity contribution in [1.82, 2.24) is 14.8 Å². The smallest absolute Gasteiger partial charge is 0.148 e. The van der Waals surface area contributed by atoms with E-state index in [0.717, 1.165) is 16.5 Å². The second-order valence-corrected chi connectivity index (χ2v) is 4.46. The summed E-state index contributed by atoms with van der Waals surface area (Å²) < 4.78 is 1.86. The lowest BCUT2D eigenvalue weighted by atomic mass is 10.3. The van der Waals surface area contributed by atoms with Gasteiger partial charge < -0.3 is 5.32 Å². The Bertz CT molecular complexity index is 413. The number of anilines is 1. The number of aromatic nitrogens is 3. The molecule has 1 unspecified atom stereocenters. The van der Waals surface area contributed by atoms with E-state index in [-0.39, 0.29) is 6.04 Å². The molecule has 0 radical (unpaired) electrons. The highest BCUT2D eigenvalue weighted by Crippen LogP contribution is 2.20. The lowest BCUT2D eigenvalue weighted by Crippen LogP contribution is -2.06. The van der Waals surface area contributed by atoms with Crippen molar-refractivity contribution in [2.24, 2.45) is 7.05 Å². The van der Waals surface area contributed by atoms with Crippen LogP contribution in [0.4, 0.5) is 5.82 Å². The van der Waals surface area contributed by atoms with Gasteiger partial charge in [-0.2, -0.15) is 5.10 Å². The summed E-state index contributed by atoms with van der Waals surface area (Å²) in [6.07, 6.45) is 1.82. The summed E-state index contributed by atoms with van der Waals surface area (Å²) in [5.74, 6) is 0.901. The first-order chi connectivity index (χ1) is 7.16. The minimum atomic E-state index is 0.208. The fraction of sp³-hybridized carbons (Fsp3) is 0.400. The summed E-state index contributed by atoms with van der Waals surface area (Å²) >= 11 is 1.65. The number of nitrogens with zero attached hydrogens (tertiary/aromatic N) is 3. The first-order valence-corrected chi connectivity index (χ1v) is 5.71. The zero-order valence-corrected chi connectivity index (χ0v) is 9.88. The molecule has 0 aliphatic rings. The molecule has 2 rings (SSSR count). The van der Waals surface area contributed by atoms with Crippen LogP contribution in [0.1, 0.15) is 23.7 Å². The Labute approximate surface area is 93.0 Å². The first-order valence-electron chi connectivity index (χ1n) is 4.83. The summed E-state index contributed by atoms with van der Waals surface area (Å²) in [6.45, 7) is 4.12. The van der Waals surface area contributed by atoms with Crippen LogP contribution in [0, 0.1) is 6.92 Å². The average Bonchev–Trinajstić information content (AvgIpc) is 2.77. The molecule has 0 saturated carbocycles. The fourth-order valence-corrected chi connectivity index (χ4v) is 2.01. The number of rotatable bonds is 3. The maximum atomic E-state index is 4.34. The number of nitrogens with one attached hydrogen (secondary N) is 1. The van der Waals surface area contributed by atoms with Gasteiger partial charge in [0, 0.05) is 30.4 Å². The molecule has 0 amide bonds. The van der Waals surface area contributed by atoms with Crippen molar-refractivity contribution in [3.05, 3.63) is 28.3 Å². The molecule has 1 atom stereocenters. The number of hydrogen-bond acceptors (Lipinski definition) is 4. The van der Waals surface area contributed by atoms with E-state index in [9.17, 15) is 0 Å². The highest BCUT2D eigenvalue weighted by molar-refractivity contribution is 7.09. The highest BCUT2D eigenvalue weighted by Gasteiger charge is 2.09. The summed E-state index contributed by atoms with van der Waals surface area (Å²) in [6, 6.07) is 2.24. The Kier molecular flexibility index (Phi) is 2.73. The van der Waals surface area contributed by atoms with Gasteiger partial charge in [0.1, 0.15) is 10.8 Å². The maximum absolute atomic E-state index is 4.34. The van der Waals surface area contributed by atoms with Crippen molar-refractivity contribution < 1.29 is 0 Å². The molecule has 2 aromatic rings. The van der Waals surface area contributed by atoms with E-state index in [1.807, 2.05) is 36.3 Å². The van der Waals surface area contributed by atoms with Crippen LogP contribution in [0.15, 0.2) is 17.6 Å². The normalized spacial score (nSPS) is 12.7. The van der Waals surface area contributed by atoms with E-state index >= 15 is 0 Å². The van der Waals surface area contributed by atoms with Crippen LogP contribution in [0.25, 0.3) is 0 Å². The van der Waals surface area contributed by atoms with Crippen molar-refractivity contribution in [3.8, 4) is 0 Å². The van der Waals surface area contributed by atoms with Crippen molar-refractivity contribution in [2.75, 3.05) is 5.32 Å². The maximum Gasteiger partial charge on any atom is 0.148 e. The van der Waals surface area contributed by atoms with E-state index in [0.29, 0.717) is 0 Å². The van der Waals surface area contributed by atoms with Crippen LogP contribution in [0.2, 0.25) is 0 Å². The molecular weight excluding hydrogens is 208 g/mol. The van der Waals surface area contributed by atoms with Gasteiger partial charge in [0.15, 0.2) is 0 Å². The highest BCUT2D eigenvalue weighted by atomic mass is 32.1. The summed E-state index contributed by atoms with van der Waals surface area (Å²) in [4.78, 5) is 4.26. The van der Waals surface area contributed by atoms with Gasteiger partial charge >= 0.3 is 0 Å². The van der Waals surface area contributed by atoms with Gasteiger partial charge in [0.25, 0.3) is 0 Å². The minimum Gasteiger partial charge on any atom is -0.360 e. The molecule has 0 bridgehead atoms. The van der Waals surface area contributed by atoms with E-state index < -0.39 is 0 Å². The number of hydrogen-bond donors (Lipinski definition) is 1. The Balaban J connectivity index is 2.09. The van der Waals surface area contributed by atoms with Gasteiger partial charge in [-0.25, -0.2) is 4.98 Å². The molecule has 5 heteroatoms. The predicted octanol–water partition coefficient (Wildman–Crippen LogP) is 2.36. The second-order valence-electron chi connectivity index (χ2n) is 3.53. The van der Waals surface area contributed by atoms with E-state index in [1.165, 1.54) is 0 Å². The molecule has 1 N–H and O–H groups in total. The van der Waals surface area contributed by atoms with Crippen LogP contribution >= 0.6 is 11.3 Å². The van der Waals surface area contributed by atoms with E-state index in [2.05, 4.69) is 22.3 Å². The predicted molar refractivity (Wildman–Crippen MR) is 62.1 cm³/mol. The van der Waals surface area contributed by atoms with Crippen molar-refractivity contribution in [3.63, 3.8) is 0 Å². The molecule has 0 aromatic carbocycles.